The third-order valence-corrected chi connectivity index (χ3v) is 1.86. The van der Waals surface area contributed by atoms with Gasteiger partial charge < -0.3 is 15.2 Å². The van der Waals surface area contributed by atoms with Crippen LogP contribution in [-0.2, 0) is 4.79 Å². The molecule has 0 fully saturated rings. The number of carbonyl (C=O) groups is 1. The number of hydrogen-bond acceptors (Lipinski definition) is 3. The van der Waals surface area contributed by atoms with E-state index in [0.29, 0.717) is 11.5 Å². The Morgan fingerprint density at radius 1 is 1.33 bits per heavy atom. The summed E-state index contributed by atoms with van der Waals surface area (Å²) in [7, 11) is 3.10. The van der Waals surface area contributed by atoms with Gasteiger partial charge >= 0.3 is 0 Å². The summed E-state index contributed by atoms with van der Waals surface area (Å²) < 4.78 is 10.3. The van der Waals surface area contributed by atoms with Crippen molar-refractivity contribution in [2.45, 2.75) is 0 Å². The monoisotopic (exact) mass is 207 g/mol. The van der Waals surface area contributed by atoms with Crippen LogP contribution in [0.3, 0.4) is 0 Å². The fourth-order valence-electron chi connectivity index (χ4n) is 1.22. The van der Waals surface area contributed by atoms with E-state index in [1.54, 1.807) is 32.4 Å². The average molecular weight is 207 g/mol. The Morgan fingerprint density at radius 2 is 2.07 bits per heavy atom. The Bertz CT molecular complexity index is 385. The van der Waals surface area contributed by atoms with E-state index in [0.717, 1.165) is 5.56 Å². The number of hydrogen-bond donors (Lipinski definition) is 1. The van der Waals surface area contributed by atoms with Crippen molar-refractivity contribution < 1.29 is 14.3 Å². The summed E-state index contributed by atoms with van der Waals surface area (Å²) in [5, 5.41) is 0. The number of rotatable bonds is 4. The van der Waals surface area contributed by atoms with Gasteiger partial charge in [0.25, 0.3) is 0 Å². The molecule has 0 bridgehead atoms. The van der Waals surface area contributed by atoms with E-state index in [9.17, 15) is 4.79 Å². The molecule has 0 aliphatic rings. The molecule has 1 aromatic carbocycles. The topological polar surface area (TPSA) is 61.5 Å². The van der Waals surface area contributed by atoms with Gasteiger partial charge in [0.05, 0.1) is 14.2 Å². The Kier molecular flexibility index (Phi) is 3.74. The molecule has 15 heavy (non-hydrogen) atoms. The normalized spacial score (nSPS) is 10.3. The van der Waals surface area contributed by atoms with Gasteiger partial charge in [0.1, 0.15) is 0 Å². The van der Waals surface area contributed by atoms with Crippen LogP contribution in [-0.4, -0.2) is 20.1 Å². The maximum absolute atomic E-state index is 10.6. The summed E-state index contributed by atoms with van der Waals surface area (Å²) in [6.45, 7) is 0. The summed E-state index contributed by atoms with van der Waals surface area (Å²) >= 11 is 0. The van der Waals surface area contributed by atoms with Gasteiger partial charge in [-0.15, -0.1) is 0 Å². The van der Waals surface area contributed by atoms with Crippen molar-refractivity contribution >= 4 is 12.0 Å². The molecule has 0 atom stereocenters. The lowest BCUT2D eigenvalue weighted by Gasteiger charge is -2.09. The van der Waals surface area contributed by atoms with E-state index in [2.05, 4.69) is 0 Å². The zero-order chi connectivity index (χ0) is 11.3. The van der Waals surface area contributed by atoms with Crippen LogP contribution in [0.4, 0.5) is 0 Å². The molecule has 1 amide bonds. The van der Waals surface area contributed by atoms with Gasteiger partial charge in [-0.3, -0.25) is 4.79 Å². The number of benzene rings is 1. The number of ether oxygens (including phenoxy) is 2. The summed E-state index contributed by atoms with van der Waals surface area (Å²) in [4.78, 5) is 10.6. The zero-order valence-corrected chi connectivity index (χ0v) is 8.69. The van der Waals surface area contributed by atoms with E-state index in [4.69, 9.17) is 15.2 Å². The SMILES string of the molecule is COc1cccc(/C=C\C(N)=O)c1OC. The van der Waals surface area contributed by atoms with Crippen molar-refractivity contribution in [2.24, 2.45) is 5.73 Å². The van der Waals surface area contributed by atoms with Gasteiger partial charge in [-0.05, 0) is 12.1 Å². The smallest absolute Gasteiger partial charge is 0.241 e. The maximum Gasteiger partial charge on any atom is 0.241 e. The minimum atomic E-state index is -0.500. The highest BCUT2D eigenvalue weighted by molar-refractivity contribution is 5.90. The molecular weight excluding hydrogens is 194 g/mol. The molecule has 0 aromatic heterocycles. The first-order chi connectivity index (χ1) is 7.19. The number of methoxy groups -OCH3 is 2. The summed E-state index contributed by atoms with van der Waals surface area (Å²) in [5.41, 5.74) is 5.75. The van der Waals surface area contributed by atoms with Crippen molar-refractivity contribution in [3.05, 3.63) is 29.8 Å². The molecule has 4 nitrogen and oxygen atoms in total. The number of amides is 1. The van der Waals surface area contributed by atoms with Crippen LogP contribution in [0.2, 0.25) is 0 Å². The molecule has 4 heteroatoms. The summed E-state index contributed by atoms with van der Waals surface area (Å²) in [5.74, 6) is 0.696. The van der Waals surface area contributed by atoms with Crippen molar-refractivity contribution in [3.63, 3.8) is 0 Å². The van der Waals surface area contributed by atoms with Crippen LogP contribution in [0.25, 0.3) is 6.08 Å². The Morgan fingerprint density at radius 3 is 2.60 bits per heavy atom. The second kappa shape index (κ2) is 5.05. The van der Waals surface area contributed by atoms with Crippen LogP contribution in [0, 0.1) is 0 Å². The molecule has 2 N–H and O–H groups in total. The van der Waals surface area contributed by atoms with E-state index < -0.39 is 5.91 Å². The zero-order valence-electron chi connectivity index (χ0n) is 8.69. The molecule has 0 heterocycles. The number of primary amides is 1. The molecule has 0 saturated heterocycles. The minimum Gasteiger partial charge on any atom is -0.493 e. The molecule has 1 aromatic rings. The van der Waals surface area contributed by atoms with Gasteiger partial charge in [-0.2, -0.15) is 0 Å². The largest absolute Gasteiger partial charge is 0.493 e. The van der Waals surface area contributed by atoms with E-state index >= 15 is 0 Å². The summed E-state index contributed by atoms with van der Waals surface area (Å²) in [6, 6.07) is 5.39. The molecule has 0 spiro atoms. The van der Waals surface area contributed by atoms with Gasteiger partial charge in [0, 0.05) is 11.6 Å². The highest BCUT2D eigenvalue weighted by Gasteiger charge is 2.06. The third kappa shape index (κ3) is 2.74. The fourth-order valence-corrected chi connectivity index (χ4v) is 1.22. The van der Waals surface area contributed by atoms with Crippen LogP contribution >= 0.6 is 0 Å². The van der Waals surface area contributed by atoms with Crippen LogP contribution < -0.4 is 15.2 Å². The molecule has 0 unspecified atom stereocenters. The predicted octanol–water partition coefficient (Wildman–Crippen LogP) is 1.20. The highest BCUT2D eigenvalue weighted by atomic mass is 16.5. The van der Waals surface area contributed by atoms with E-state index in [-0.39, 0.29) is 0 Å². The lowest BCUT2D eigenvalue weighted by Crippen LogP contribution is -2.05. The van der Waals surface area contributed by atoms with Gasteiger partial charge in [0.2, 0.25) is 5.91 Å². The Balaban J connectivity index is 3.11. The van der Waals surface area contributed by atoms with Crippen LogP contribution in [0.5, 0.6) is 11.5 Å². The molecule has 1 rings (SSSR count). The Labute approximate surface area is 88.3 Å². The lowest BCUT2D eigenvalue weighted by atomic mass is 10.1. The van der Waals surface area contributed by atoms with E-state index in [1.807, 2.05) is 6.07 Å². The fraction of sp³-hybridized carbons (Fsp3) is 0.182. The van der Waals surface area contributed by atoms with Gasteiger partial charge in [0.15, 0.2) is 11.5 Å². The van der Waals surface area contributed by atoms with Crippen molar-refractivity contribution in [3.8, 4) is 11.5 Å². The third-order valence-electron chi connectivity index (χ3n) is 1.86. The number of nitrogens with two attached hydrogens (primary N) is 1. The first-order valence-electron chi connectivity index (χ1n) is 4.37. The quantitative estimate of drug-likeness (QED) is 0.754. The molecule has 80 valence electrons. The average Bonchev–Trinajstić information content (AvgIpc) is 2.25. The molecular formula is C11H13NO3. The van der Waals surface area contributed by atoms with Crippen LogP contribution in [0.1, 0.15) is 5.56 Å². The molecule has 0 aliphatic heterocycles. The predicted molar refractivity (Wildman–Crippen MR) is 57.8 cm³/mol. The van der Waals surface area contributed by atoms with Crippen molar-refractivity contribution in [1.82, 2.24) is 0 Å². The molecule has 0 radical (unpaired) electrons. The minimum absolute atomic E-state index is 0.500. The first kappa shape index (κ1) is 11.1. The summed E-state index contributed by atoms with van der Waals surface area (Å²) in [6.07, 6.45) is 2.86. The first-order valence-corrected chi connectivity index (χ1v) is 4.37. The molecule has 0 saturated carbocycles. The van der Waals surface area contributed by atoms with Gasteiger partial charge in [-0.25, -0.2) is 0 Å². The van der Waals surface area contributed by atoms with Gasteiger partial charge in [-0.1, -0.05) is 12.1 Å². The van der Waals surface area contributed by atoms with Crippen molar-refractivity contribution in [1.29, 1.82) is 0 Å². The second-order valence-corrected chi connectivity index (χ2v) is 2.82. The lowest BCUT2D eigenvalue weighted by molar-refractivity contribution is -0.113. The maximum atomic E-state index is 10.6. The highest BCUT2D eigenvalue weighted by Crippen LogP contribution is 2.31. The number of carbonyl (C=O) groups excluding carboxylic acids is 1. The second-order valence-electron chi connectivity index (χ2n) is 2.82. The van der Waals surface area contributed by atoms with Crippen LogP contribution in [0.15, 0.2) is 24.3 Å². The van der Waals surface area contributed by atoms with Crippen molar-refractivity contribution in [2.75, 3.05) is 14.2 Å². The molecule has 0 aliphatic carbocycles. The standard InChI is InChI=1S/C11H13NO3/c1-14-9-5-3-4-8(11(9)15-2)6-7-10(12)13/h3-7H,1-2H3,(H2,12,13)/b7-6-. The Hall–Kier alpha value is -1.97. The van der Waals surface area contributed by atoms with E-state index in [1.165, 1.54) is 6.08 Å². The number of para-hydroxylation sites is 1.